The van der Waals surface area contributed by atoms with E-state index in [1.165, 1.54) is 25.5 Å². The zero-order valence-corrected chi connectivity index (χ0v) is 10.7. The van der Waals surface area contributed by atoms with E-state index in [4.69, 9.17) is 15.9 Å². The summed E-state index contributed by atoms with van der Waals surface area (Å²) in [5.41, 5.74) is 5.71. The maximum absolute atomic E-state index is 7.24. The quantitative estimate of drug-likeness (QED) is 0.631. The van der Waals surface area contributed by atoms with Crippen LogP contribution in [0.1, 0.15) is 44.7 Å². The lowest BCUT2D eigenvalue weighted by Gasteiger charge is -2.28. The van der Waals surface area contributed by atoms with E-state index < -0.39 is 0 Å². The molecule has 98 valence electrons. The lowest BCUT2D eigenvalue weighted by atomic mass is 9.85. The molecule has 1 aliphatic carbocycles. The highest BCUT2D eigenvalue weighted by atomic mass is 16.5. The summed E-state index contributed by atoms with van der Waals surface area (Å²) in [5, 5.41) is 7.24. The molecule has 0 radical (unpaired) electrons. The molecule has 1 aliphatic rings. The Morgan fingerprint density at radius 3 is 2.89 bits per heavy atom. The predicted molar refractivity (Wildman–Crippen MR) is 69.7 cm³/mol. The van der Waals surface area contributed by atoms with Crippen molar-refractivity contribution < 1.29 is 4.74 Å². The summed E-state index contributed by atoms with van der Waals surface area (Å²) >= 11 is 0. The van der Waals surface area contributed by atoms with Crippen LogP contribution in [0.25, 0.3) is 0 Å². The number of hydrogen-bond donors (Lipinski definition) is 2. The second-order valence-electron chi connectivity index (χ2n) is 4.83. The average molecular weight is 248 g/mol. The normalized spacial score (nSPS) is 23.6. The SMILES string of the molecule is CCC1CCCC(Oc2cnc(C(=N)N)cn2)C1. The summed E-state index contributed by atoms with van der Waals surface area (Å²) in [4.78, 5) is 8.19. The molecule has 0 aromatic carbocycles. The van der Waals surface area contributed by atoms with Gasteiger partial charge in [0.15, 0.2) is 0 Å². The summed E-state index contributed by atoms with van der Waals surface area (Å²) in [6, 6.07) is 0. The Bertz CT molecular complexity index is 404. The van der Waals surface area contributed by atoms with E-state index >= 15 is 0 Å². The molecule has 3 N–H and O–H groups in total. The smallest absolute Gasteiger partial charge is 0.232 e. The van der Waals surface area contributed by atoms with Gasteiger partial charge < -0.3 is 10.5 Å². The van der Waals surface area contributed by atoms with E-state index in [-0.39, 0.29) is 11.9 Å². The Kier molecular flexibility index (Phi) is 4.12. The third-order valence-electron chi connectivity index (χ3n) is 3.50. The molecule has 0 amide bonds. The number of nitrogens with zero attached hydrogens (tertiary/aromatic N) is 2. The maximum atomic E-state index is 7.24. The molecule has 18 heavy (non-hydrogen) atoms. The van der Waals surface area contributed by atoms with Gasteiger partial charge in [-0.15, -0.1) is 0 Å². The van der Waals surface area contributed by atoms with E-state index in [2.05, 4.69) is 16.9 Å². The van der Waals surface area contributed by atoms with Crippen LogP contribution >= 0.6 is 0 Å². The van der Waals surface area contributed by atoms with Crippen molar-refractivity contribution >= 4 is 5.84 Å². The number of nitrogens with two attached hydrogens (primary N) is 1. The summed E-state index contributed by atoms with van der Waals surface area (Å²) in [6.07, 6.45) is 9.23. The van der Waals surface area contributed by atoms with E-state index in [9.17, 15) is 0 Å². The minimum absolute atomic E-state index is 0.0715. The van der Waals surface area contributed by atoms with Crippen LogP contribution in [0.4, 0.5) is 0 Å². The Morgan fingerprint density at radius 1 is 1.44 bits per heavy atom. The van der Waals surface area contributed by atoms with Gasteiger partial charge in [-0.1, -0.05) is 19.8 Å². The lowest BCUT2D eigenvalue weighted by Crippen LogP contribution is -2.25. The fourth-order valence-corrected chi connectivity index (χ4v) is 2.41. The van der Waals surface area contributed by atoms with Gasteiger partial charge in [0.2, 0.25) is 5.88 Å². The standard InChI is InChI=1S/C13H20N4O/c1-2-9-4-3-5-10(6-9)18-12-8-16-11(7-17-12)13(14)15/h7-10H,2-6H2,1H3,(H3,14,15). The van der Waals surface area contributed by atoms with E-state index in [0.29, 0.717) is 11.6 Å². The first-order valence-corrected chi connectivity index (χ1v) is 6.52. The molecule has 0 bridgehead atoms. The molecular formula is C13H20N4O. The number of aromatic nitrogens is 2. The van der Waals surface area contributed by atoms with Crippen LogP contribution < -0.4 is 10.5 Å². The van der Waals surface area contributed by atoms with Gasteiger partial charge in [-0.2, -0.15) is 0 Å². The zero-order chi connectivity index (χ0) is 13.0. The number of nitrogens with one attached hydrogen (secondary N) is 1. The molecule has 0 aliphatic heterocycles. The fraction of sp³-hybridized carbons (Fsp3) is 0.615. The minimum atomic E-state index is -0.0715. The predicted octanol–water partition coefficient (Wildman–Crippen LogP) is 2.11. The Labute approximate surface area is 107 Å². The van der Waals surface area contributed by atoms with Crippen molar-refractivity contribution in [3.63, 3.8) is 0 Å². The molecule has 5 nitrogen and oxygen atoms in total. The first kappa shape index (κ1) is 12.8. The number of rotatable bonds is 4. The first-order chi connectivity index (χ1) is 8.69. The van der Waals surface area contributed by atoms with Gasteiger partial charge >= 0.3 is 0 Å². The molecular weight excluding hydrogens is 228 g/mol. The fourth-order valence-electron chi connectivity index (χ4n) is 2.41. The highest BCUT2D eigenvalue weighted by Gasteiger charge is 2.22. The van der Waals surface area contributed by atoms with E-state index in [0.717, 1.165) is 18.8 Å². The number of nitrogen functional groups attached to an aromatic ring is 1. The molecule has 5 heteroatoms. The Hall–Kier alpha value is -1.65. The van der Waals surface area contributed by atoms with Crippen molar-refractivity contribution in [3.05, 3.63) is 18.1 Å². The molecule has 1 saturated carbocycles. The third kappa shape index (κ3) is 3.18. The van der Waals surface area contributed by atoms with Gasteiger partial charge in [0.1, 0.15) is 17.6 Å². The molecule has 1 heterocycles. The zero-order valence-electron chi connectivity index (χ0n) is 10.7. The van der Waals surface area contributed by atoms with Crippen LogP contribution in [-0.4, -0.2) is 21.9 Å². The van der Waals surface area contributed by atoms with Crippen LogP contribution in [0.3, 0.4) is 0 Å². The summed E-state index contributed by atoms with van der Waals surface area (Å²) in [5.74, 6) is 1.23. The van der Waals surface area contributed by atoms with Gasteiger partial charge in [0.25, 0.3) is 0 Å². The monoisotopic (exact) mass is 248 g/mol. The van der Waals surface area contributed by atoms with E-state index in [1.807, 2.05) is 0 Å². The number of hydrogen-bond acceptors (Lipinski definition) is 4. The highest BCUT2D eigenvalue weighted by Crippen LogP contribution is 2.28. The molecule has 0 saturated heterocycles. The second-order valence-corrected chi connectivity index (χ2v) is 4.83. The third-order valence-corrected chi connectivity index (χ3v) is 3.50. The van der Waals surface area contributed by atoms with Crippen molar-refractivity contribution in [3.8, 4) is 5.88 Å². The minimum Gasteiger partial charge on any atom is -0.473 e. The molecule has 2 rings (SSSR count). The van der Waals surface area contributed by atoms with Crippen LogP contribution in [-0.2, 0) is 0 Å². The molecule has 1 aromatic heterocycles. The van der Waals surface area contributed by atoms with Gasteiger partial charge in [-0.25, -0.2) is 9.97 Å². The van der Waals surface area contributed by atoms with Gasteiger partial charge in [-0.3, -0.25) is 5.41 Å². The van der Waals surface area contributed by atoms with Gasteiger partial charge in [-0.05, 0) is 25.2 Å². The lowest BCUT2D eigenvalue weighted by molar-refractivity contribution is 0.116. The van der Waals surface area contributed by atoms with Crippen molar-refractivity contribution in [2.45, 2.75) is 45.1 Å². The van der Waals surface area contributed by atoms with Crippen molar-refractivity contribution in [2.24, 2.45) is 11.7 Å². The van der Waals surface area contributed by atoms with Crippen LogP contribution in [0.15, 0.2) is 12.4 Å². The van der Waals surface area contributed by atoms with Crippen LogP contribution in [0.5, 0.6) is 5.88 Å². The van der Waals surface area contributed by atoms with Gasteiger partial charge in [0.05, 0.1) is 12.4 Å². The van der Waals surface area contributed by atoms with Crippen molar-refractivity contribution in [2.75, 3.05) is 0 Å². The second kappa shape index (κ2) is 5.80. The summed E-state index contributed by atoms with van der Waals surface area (Å²) in [7, 11) is 0. The summed E-state index contributed by atoms with van der Waals surface area (Å²) in [6.45, 7) is 2.23. The Morgan fingerprint density at radius 2 is 2.28 bits per heavy atom. The molecule has 2 unspecified atom stereocenters. The van der Waals surface area contributed by atoms with Crippen LogP contribution in [0.2, 0.25) is 0 Å². The average Bonchev–Trinajstić information content (AvgIpc) is 2.39. The highest BCUT2D eigenvalue weighted by molar-refractivity contribution is 5.92. The van der Waals surface area contributed by atoms with E-state index in [1.54, 1.807) is 6.20 Å². The molecule has 1 aromatic rings. The van der Waals surface area contributed by atoms with Crippen molar-refractivity contribution in [1.29, 1.82) is 5.41 Å². The van der Waals surface area contributed by atoms with Crippen molar-refractivity contribution in [1.82, 2.24) is 9.97 Å². The molecule has 1 fully saturated rings. The Balaban J connectivity index is 1.94. The summed E-state index contributed by atoms with van der Waals surface area (Å²) < 4.78 is 5.84. The number of amidine groups is 1. The molecule has 2 atom stereocenters. The topological polar surface area (TPSA) is 84.9 Å². The molecule has 0 spiro atoms. The number of ether oxygens (including phenoxy) is 1. The van der Waals surface area contributed by atoms with Crippen LogP contribution in [0, 0.1) is 11.3 Å². The first-order valence-electron chi connectivity index (χ1n) is 6.52. The maximum Gasteiger partial charge on any atom is 0.232 e. The van der Waals surface area contributed by atoms with Gasteiger partial charge in [0, 0.05) is 0 Å². The largest absolute Gasteiger partial charge is 0.473 e.